The fourth-order valence-electron chi connectivity index (χ4n) is 5.05. The Bertz CT molecular complexity index is 1020. The smallest absolute Gasteiger partial charge is 0.230 e. The molecule has 3 atom stereocenters. The summed E-state index contributed by atoms with van der Waals surface area (Å²) in [7, 11) is 0. The molecule has 0 bridgehead atoms. The normalized spacial score (nSPS) is 28.9. The third-order valence-electron chi connectivity index (χ3n) is 7.30. The fraction of sp³-hybridized carbons (Fsp3) is 0.583. The topological polar surface area (TPSA) is 87.2 Å². The van der Waals surface area contributed by atoms with Crippen LogP contribution >= 0.6 is 11.6 Å². The Morgan fingerprint density at radius 3 is 2.70 bits per heavy atom. The number of aromatic nitrogens is 1. The average Bonchev–Trinajstić information content (AvgIpc) is 3.18. The number of ether oxygens (including phenoxy) is 2. The highest BCUT2D eigenvalue weighted by molar-refractivity contribution is 6.34. The van der Waals surface area contributed by atoms with E-state index < -0.39 is 6.10 Å². The van der Waals surface area contributed by atoms with Crippen LogP contribution in [0.25, 0.3) is 10.8 Å². The van der Waals surface area contributed by atoms with Crippen LogP contribution in [-0.2, 0) is 14.3 Å². The van der Waals surface area contributed by atoms with Gasteiger partial charge in [0.15, 0.2) is 0 Å². The average molecular weight is 475 g/mol. The van der Waals surface area contributed by atoms with Crippen molar-refractivity contribution in [3.63, 3.8) is 0 Å². The molecule has 0 radical (unpaired) electrons. The molecule has 1 aromatic carbocycles. The molecule has 1 aromatic heterocycles. The van der Waals surface area contributed by atoms with Gasteiger partial charge in [-0.2, -0.15) is 0 Å². The molecule has 5 rings (SSSR count). The Labute approximate surface area is 198 Å². The van der Waals surface area contributed by atoms with Gasteiger partial charge in [-0.15, -0.1) is 0 Å². The number of fused-ring (bicyclic) bond motifs is 1. The summed E-state index contributed by atoms with van der Waals surface area (Å²) >= 11 is 6.65. The maximum Gasteiger partial charge on any atom is 0.230 e. The number of aliphatic hydroxyl groups excluding tert-OH is 1. The summed E-state index contributed by atoms with van der Waals surface area (Å²) in [6, 6.07) is 5.91. The minimum atomic E-state index is -0.463. The first-order valence-corrected chi connectivity index (χ1v) is 12.1. The number of hydrogen-bond donors (Lipinski definition) is 2. The summed E-state index contributed by atoms with van der Waals surface area (Å²) in [5.74, 6) is 0.372. The molecular weight excluding hydrogens is 444 g/mol. The van der Waals surface area contributed by atoms with Crippen LogP contribution in [0.5, 0.6) is 0 Å². The van der Waals surface area contributed by atoms with E-state index in [0.29, 0.717) is 30.7 Å². The lowest BCUT2D eigenvalue weighted by Gasteiger charge is -2.45. The maximum atomic E-state index is 12.6. The van der Waals surface area contributed by atoms with Gasteiger partial charge in [0.05, 0.1) is 48.1 Å². The molecule has 3 fully saturated rings. The highest BCUT2D eigenvalue weighted by atomic mass is 35.5. The summed E-state index contributed by atoms with van der Waals surface area (Å²) in [4.78, 5) is 21.6. The monoisotopic (exact) mass is 474 g/mol. The number of amides is 1. The van der Waals surface area contributed by atoms with E-state index in [0.717, 1.165) is 62.1 Å². The Morgan fingerprint density at radius 2 is 2.00 bits per heavy atom. The van der Waals surface area contributed by atoms with Gasteiger partial charge < -0.3 is 24.8 Å². The highest BCUT2D eigenvalue weighted by Crippen LogP contribution is 2.34. The minimum Gasteiger partial charge on any atom is -0.389 e. The summed E-state index contributed by atoms with van der Waals surface area (Å²) in [6.45, 7) is 7.49. The highest BCUT2D eigenvalue weighted by Gasteiger charge is 2.44. The summed E-state index contributed by atoms with van der Waals surface area (Å²) in [5, 5.41) is 15.9. The van der Waals surface area contributed by atoms with E-state index in [-0.39, 0.29) is 17.4 Å². The minimum absolute atomic E-state index is 0.0431. The predicted octanol–water partition coefficient (Wildman–Crippen LogP) is 2.53. The first-order valence-electron chi connectivity index (χ1n) is 11.7. The van der Waals surface area contributed by atoms with Crippen molar-refractivity contribution in [1.82, 2.24) is 9.88 Å². The molecule has 0 aliphatic carbocycles. The zero-order chi connectivity index (χ0) is 23.0. The van der Waals surface area contributed by atoms with Gasteiger partial charge in [-0.1, -0.05) is 11.6 Å². The Balaban J connectivity index is 1.30. The molecule has 1 amide bonds. The largest absolute Gasteiger partial charge is 0.389 e. The molecule has 33 heavy (non-hydrogen) atoms. The zero-order valence-corrected chi connectivity index (χ0v) is 19.7. The molecule has 4 heterocycles. The summed E-state index contributed by atoms with van der Waals surface area (Å²) in [5.41, 5.74) is 0.642. The van der Waals surface area contributed by atoms with Crippen LogP contribution in [0.2, 0.25) is 5.02 Å². The number of rotatable bonds is 4. The van der Waals surface area contributed by atoms with E-state index in [1.54, 1.807) is 6.20 Å². The standard InChI is InChI=1S/C24H31ClN4O4/c1-24(15-33-14-21(24)30)29-6-4-28(5-7-29)20-10-17-11-22(26-12-18(17)9-19(20)25)27-23(31)16-3-2-8-32-13-16/h9-12,16,21,30H,2-8,13-15H2,1H3,(H,26,27,31)/t16-,21+,24-/m1/s1. The quantitative estimate of drug-likeness (QED) is 0.704. The number of pyridine rings is 1. The molecule has 2 aromatic rings. The number of piperazine rings is 1. The van der Waals surface area contributed by atoms with Crippen LogP contribution in [0, 0.1) is 5.92 Å². The van der Waals surface area contributed by atoms with Crippen LogP contribution < -0.4 is 10.2 Å². The second kappa shape index (κ2) is 9.35. The van der Waals surface area contributed by atoms with Gasteiger partial charge in [-0.05, 0) is 43.4 Å². The molecule has 3 saturated heterocycles. The zero-order valence-electron chi connectivity index (χ0n) is 18.9. The van der Waals surface area contributed by atoms with E-state index in [4.69, 9.17) is 21.1 Å². The van der Waals surface area contributed by atoms with E-state index in [1.807, 2.05) is 12.1 Å². The van der Waals surface area contributed by atoms with Crippen molar-refractivity contribution < 1.29 is 19.4 Å². The number of hydrogen-bond acceptors (Lipinski definition) is 7. The van der Waals surface area contributed by atoms with Crippen LogP contribution in [0.4, 0.5) is 11.5 Å². The second-order valence-corrected chi connectivity index (χ2v) is 9.89. The van der Waals surface area contributed by atoms with Crippen molar-refractivity contribution in [2.75, 3.05) is 62.8 Å². The fourth-order valence-corrected chi connectivity index (χ4v) is 5.35. The SMILES string of the molecule is C[C@@]1(N2CCN(c3cc4cc(NC(=O)[C@@H]5CCCOC5)ncc4cc3Cl)CC2)COC[C@@H]1O. The molecule has 0 unspecified atom stereocenters. The Kier molecular flexibility index (Phi) is 6.46. The van der Waals surface area contributed by atoms with E-state index in [1.165, 1.54) is 0 Å². The number of carbonyl (C=O) groups excluding carboxylic acids is 1. The number of carbonyl (C=O) groups is 1. The predicted molar refractivity (Wildman–Crippen MR) is 128 cm³/mol. The van der Waals surface area contributed by atoms with Crippen molar-refractivity contribution in [1.29, 1.82) is 0 Å². The van der Waals surface area contributed by atoms with Crippen molar-refractivity contribution in [2.45, 2.75) is 31.4 Å². The van der Waals surface area contributed by atoms with Crippen LogP contribution in [-0.4, -0.2) is 85.1 Å². The van der Waals surface area contributed by atoms with Gasteiger partial charge in [0.25, 0.3) is 0 Å². The van der Waals surface area contributed by atoms with Crippen molar-refractivity contribution in [3.8, 4) is 0 Å². The third-order valence-corrected chi connectivity index (χ3v) is 7.60. The molecule has 2 N–H and O–H groups in total. The number of benzene rings is 1. The Morgan fingerprint density at radius 1 is 1.18 bits per heavy atom. The van der Waals surface area contributed by atoms with E-state index in [2.05, 4.69) is 33.1 Å². The number of halogens is 1. The first kappa shape index (κ1) is 22.8. The van der Waals surface area contributed by atoms with Crippen LogP contribution in [0.1, 0.15) is 19.8 Å². The number of aliphatic hydroxyl groups is 1. The molecule has 178 valence electrons. The molecule has 9 heteroatoms. The van der Waals surface area contributed by atoms with Crippen molar-refractivity contribution in [2.24, 2.45) is 5.92 Å². The number of nitrogens with zero attached hydrogens (tertiary/aromatic N) is 3. The van der Waals surface area contributed by atoms with Gasteiger partial charge in [-0.25, -0.2) is 4.98 Å². The van der Waals surface area contributed by atoms with E-state index >= 15 is 0 Å². The lowest BCUT2D eigenvalue weighted by molar-refractivity contribution is -0.123. The molecule has 0 saturated carbocycles. The van der Waals surface area contributed by atoms with Gasteiger partial charge in [-0.3, -0.25) is 9.69 Å². The summed E-state index contributed by atoms with van der Waals surface area (Å²) in [6.07, 6.45) is 3.03. The van der Waals surface area contributed by atoms with Crippen LogP contribution in [0.3, 0.4) is 0 Å². The maximum absolute atomic E-state index is 12.6. The molecule has 0 spiro atoms. The number of anilines is 2. The molecule has 3 aliphatic rings. The molecule has 3 aliphatic heterocycles. The Hall–Kier alpha value is -1.97. The molecule has 8 nitrogen and oxygen atoms in total. The van der Waals surface area contributed by atoms with Gasteiger partial charge in [0, 0.05) is 44.4 Å². The lowest BCUT2D eigenvalue weighted by Crippen LogP contribution is -2.60. The van der Waals surface area contributed by atoms with Gasteiger partial charge in [0.2, 0.25) is 5.91 Å². The first-order chi connectivity index (χ1) is 15.9. The van der Waals surface area contributed by atoms with Gasteiger partial charge >= 0.3 is 0 Å². The second-order valence-electron chi connectivity index (χ2n) is 9.49. The van der Waals surface area contributed by atoms with Crippen molar-refractivity contribution in [3.05, 3.63) is 29.4 Å². The third kappa shape index (κ3) is 4.55. The van der Waals surface area contributed by atoms with Crippen molar-refractivity contribution >= 4 is 39.8 Å². The number of nitrogens with one attached hydrogen (secondary N) is 1. The van der Waals surface area contributed by atoms with E-state index in [9.17, 15) is 9.90 Å². The van der Waals surface area contributed by atoms with Gasteiger partial charge in [0.1, 0.15) is 5.82 Å². The molecular formula is C24H31ClN4O4. The van der Waals surface area contributed by atoms with Crippen LogP contribution in [0.15, 0.2) is 24.4 Å². The lowest BCUT2D eigenvalue weighted by atomic mass is 9.95. The summed E-state index contributed by atoms with van der Waals surface area (Å²) < 4.78 is 10.9.